The van der Waals surface area contributed by atoms with Crippen molar-refractivity contribution in [2.24, 2.45) is 17.4 Å². The van der Waals surface area contributed by atoms with Gasteiger partial charge in [-0.1, -0.05) is 0 Å². The summed E-state index contributed by atoms with van der Waals surface area (Å²) in [6, 6.07) is 2.83. The summed E-state index contributed by atoms with van der Waals surface area (Å²) in [6.07, 6.45) is 7.31. The maximum atomic E-state index is 13.4. The Morgan fingerprint density at radius 1 is 1.39 bits per heavy atom. The first-order valence-corrected chi connectivity index (χ1v) is 10.7. The van der Waals surface area contributed by atoms with Crippen molar-refractivity contribution in [1.29, 1.82) is 0 Å². The third kappa shape index (κ3) is 4.56. The minimum absolute atomic E-state index is 0.243. The number of anilines is 2. The zero-order valence-corrected chi connectivity index (χ0v) is 17.8. The Bertz CT molecular complexity index is 920. The molecule has 1 amide bonds. The lowest BCUT2D eigenvalue weighted by atomic mass is 9.80. The summed E-state index contributed by atoms with van der Waals surface area (Å²) in [5, 5.41) is 7.58. The summed E-state index contributed by atoms with van der Waals surface area (Å²) in [5.74, 6) is -0.254. The largest absolute Gasteiger partial charge is 0.381 e. The standard InChI is InChI=1S/C21H30FN7O2/c1-31-16-8-14(9-16)11-28-6-3-21(13-23,4-7-28)29-12-17(19(24)30)20(27-29)26-15-2-5-25-18(22)10-15/h2,5,10,12,14,16H,3-4,6-9,11,13,23H2,1H3,(H2,24,30)(H,25,26,27). The topological polar surface area (TPSA) is 124 Å². The molecule has 9 nitrogen and oxygen atoms in total. The molecule has 1 aliphatic carbocycles. The van der Waals surface area contributed by atoms with Gasteiger partial charge in [0, 0.05) is 57.4 Å². The number of nitrogens with zero attached hydrogens (tertiary/aromatic N) is 4. The van der Waals surface area contributed by atoms with E-state index in [1.165, 1.54) is 12.3 Å². The SMILES string of the molecule is COC1CC(CN2CCC(CN)(n3cc(C(N)=O)c(Nc4ccnc(F)c4)n3)CC2)C1. The van der Waals surface area contributed by atoms with E-state index in [0.717, 1.165) is 45.3 Å². The third-order valence-electron chi connectivity index (χ3n) is 6.66. The number of piperidine rings is 1. The highest BCUT2D eigenvalue weighted by Gasteiger charge is 2.39. The molecule has 1 saturated carbocycles. The first-order chi connectivity index (χ1) is 14.9. The number of ether oxygens (including phenoxy) is 1. The average molecular weight is 432 g/mol. The van der Waals surface area contributed by atoms with Crippen molar-refractivity contribution in [3.8, 4) is 0 Å². The lowest BCUT2D eigenvalue weighted by Gasteiger charge is -2.44. The molecular formula is C21H30FN7O2. The molecule has 0 bridgehead atoms. The maximum Gasteiger partial charge on any atom is 0.254 e. The second-order valence-corrected chi connectivity index (χ2v) is 8.62. The second kappa shape index (κ2) is 8.89. The van der Waals surface area contributed by atoms with E-state index < -0.39 is 17.4 Å². The lowest BCUT2D eigenvalue weighted by molar-refractivity contribution is -0.0177. The third-order valence-corrected chi connectivity index (χ3v) is 6.66. The molecule has 10 heteroatoms. The molecule has 5 N–H and O–H groups in total. The van der Waals surface area contributed by atoms with E-state index >= 15 is 0 Å². The Morgan fingerprint density at radius 2 is 2.13 bits per heavy atom. The first-order valence-electron chi connectivity index (χ1n) is 10.7. The first kappa shape index (κ1) is 21.7. The number of nitrogens with two attached hydrogens (primary N) is 2. The van der Waals surface area contributed by atoms with Gasteiger partial charge in [-0.05, 0) is 37.7 Å². The van der Waals surface area contributed by atoms with E-state index in [1.807, 2.05) is 0 Å². The molecule has 0 unspecified atom stereocenters. The number of pyridine rings is 1. The van der Waals surface area contributed by atoms with Crippen LogP contribution in [-0.4, -0.2) is 65.0 Å². The molecule has 2 aromatic rings. The molecular weight excluding hydrogens is 401 g/mol. The minimum Gasteiger partial charge on any atom is -0.381 e. The maximum absolute atomic E-state index is 13.4. The molecule has 4 rings (SSSR count). The fraction of sp³-hybridized carbons (Fsp3) is 0.571. The molecule has 0 spiro atoms. The van der Waals surface area contributed by atoms with E-state index in [1.54, 1.807) is 24.1 Å². The van der Waals surface area contributed by atoms with Gasteiger partial charge in [0.05, 0.1) is 11.6 Å². The smallest absolute Gasteiger partial charge is 0.254 e. The normalized spacial score (nSPS) is 23.3. The van der Waals surface area contributed by atoms with Gasteiger partial charge in [-0.15, -0.1) is 0 Å². The number of hydrogen-bond acceptors (Lipinski definition) is 7. The molecule has 0 aromatic carbocycles. The van der Waals surface area contributed by atoms with Crippen LogP contribution in [0, 0.1) is 11.9 Å². The van der Waals surface area contributed by atoms with Gasteiger partial charge in [-0.3, -0.25) is 9.48 Å². The number of aromatic nitrogens is 3. The number of halogens is 1. The van der Waals surface area contributed by atoms with Gasteiger partial charge in [0.25, 0.3) is 5.91 Å². The number of carbonyl (C=O) groups is 1. The number of nitrogens with one attached hydrogen (secondary N) is 1. The number of primary amides is 1. The van der Waals surface area contributed by atoms with Crippen molar-refractivity contribution in [3.05, 3.63) is 36.0 Å². The predicted octanol–water partition coefficient (Wildman–Crippen LogP) is 1.43. The second-order valence-electron chi connectivity index (χ2n) is 8.62. The van der Waals surface area contributed by atoms with Crippen LogP contribution >= 0.6 is 0 Å². The summed E-state index contributed by atoms with van der Waals surface area (Å²) in [6.45, 7) is 3.30. The van der Waals surface area contributed by atoms with Gasteiger partial charge in [-0.25, -0.2) is 4.98 Å². The Hall–Kier alpha value is -2.56. The van der Waals surface area contributed by atoms with E-state index in [2.05, 4.69) is 20.3 Å². The molecule has 3 heterocycles. The van der Waals surface area contributed by atoms with Crippen LogP contribution in [0.1, 0.15) is 36.0 Å². The fourth-order valence-corrected chi connectivity index (χ4v) is 4.57. The van der Waals surface area contributed by atoms with Crippen molar-refractivity contribution in [2.45, 2.75) is 37.3 Å². The minimum atomic E-state index is -0.626. The number of carbonyl (C=O) groups excluding carboxylic acids is 1. The van der Waals surface area contributed by atoms with Gasteiger partial charge in [0.1, 0.15) is 5.56 Å². The zero-order valence-electron chi connectivity index (χ0n) is 17.8. The van der Waals surface area contributed by atoms with Crippen LogP contribution < -0.4 is 16.8 Å². The summed E-state index contributed by atoms with van der Waals surface area (Å²) >= 11 is 0. The fourth-order valence-electron chi connectivity index (χ4n) is 4.57. The van der Waals surface area contributed by atoms with E-state index in [9.17, 15) is 9.18 Å². The zero-order chi connectivity index (χ0) is 22.0. The predicted molar refractivity (Wildman–Crippen MR) is 114 cm³/mol. The van der Waals surface area contributed by atoms with Crippen LogP contribution in [0.25, 0.3) is 0 Å². The van der Waals surface area contributed by atoms with Crippen LogP contribution in [0.3, 0.4) is 0 Å². The van der Waals surface area contributed by atoms with Crippen LogP contribution in [0.5, 0.6) is 0 Å². The number of rotatable bonds is 8. The number of amides is 1. The monoisotopic (exact) mass is 431 g/mol. The van der Waals surface area contributed by atoms with Crippen LogP contribution in [0.15, 0.2) is 24.5 Å². The summed E-state index contributed by atoms with van der Waals surface area (Å²) in [5.41, 5.74) is 12.1. The van der Waals surface area contributed by atoms with E-state index in [0.29, 0.717) is 24.3 Å². The molecule has 2 aromatic heterocycles. The molecule has 1 aliphatic heterocycles. The van der Waals surface area contributed by atoms with Gasteiger partial charge < -0.3 is 26.4 Å². The van der Waals surface area contributed by atoms with Gasteiger partial charge >= 0.3 is 0 Å². The van der Waals surface area contributed by atoms with E-state index in [-0.39, 0.29) is 11.4 Å². The number of likely N-dealkylation sites (tertiary alicyclic amines) is 1. The van der Waals surface area contributed by atoms with E-state index in [4.69, 9.17) is 16.2 Å². The quantitative estimate of drug-likeness (QED) is 0.540. The summed E-state index contributed by atoms with van der Waals surface area (Å²) < 4.78 is 20.6. The molecule has 0 atom stereocenters. The Balaban J connectivity index is 1.47. The molecule has 31 heavy (non-hydrogen) atoms. The molecule has 168 valence electrons. The molecule has 0 radical (unpaired) electrons. The van der Waals surface area contributed by atoms with Crippen molar-refractivity contribution >= 4 is 17.4 Å². The molecule has 1 saturated heterocycles. The Labute approximate surface area is 180 Å². The Morgan fingerprint density at radius 3 is 2.74 bits per heavy atom. The van der Waals surface area contributed by atoms with Crippen molar-refractivity contribution < 1.29 is 13.9 Å². The highest BCUT2D eigenvalue weighted by molar-refractivity contribution is 5.98. The summed E-state index contributed by atoms with van der Waals surface area (Å²) in [4.78, 5) is 18.0. The average Bonchev–Trinajstić information content (AvgIpc) is 3.15. The van der Waals surface area contributed by atoms with Gasteiger partial charge in [0.15, 0.2) is 5.82 Å². The van der Waals surface area contributed by atoms with Gasteiger partial charge in [-0.2, -0.15) is 9.49 Å². The lowest BCUT2D eigenvalue weighted by Crippen LogP contribution is -2.52. The summed E-state index contributed by atoms with van der Waals surface area (Å²) in [7, 11) is 1.77. The Kier molecular flexibility index (Phi) is 6.22. The number of methoxy groups -OCH3 is 1. The highest BCUT2D eigenvalue weighted by Crippen LogP contribution is 2.34. The van der Waals surface area contributed by atoms with Crippen molar-refractivity contribution in [1.82, 2.24) is 19.7 Å². The van der Waals surface area contributed by atoms with Crippen LogP contribution in [0.2, 0.25) is 0 Å². The van der Waals surface area contributed by atoms with Crippen molar-refractivity contribution in [2.75, 3.05) is 38.6 Å². The van der Waals surface area contributed by atoms with Crippen LogP contribution in [0.4, 0.5) is 15.9 Å². The number of hydrogen-bond donors (Lipinski definition) is 3. The van der Waals surface area contributed by atoms with Crippen LogP contribution in [-0.2, 0) is 10.3 Å². The van der Waals surface area contributed by atoms with Gasteiger partial charge in [0.2, 0.25) is 5.95 Å². The molecule has 2 aliphatic rings. The molecule has 2 fully saturated rings. The van der Waals surface area contributed by atoms with Crippen molar-refractivity contribution in [3.63, 3.8) is 0 Å². The highest BCUT2D eigenvalue weighted by atomic mass is 19.1.